The molecule has 11 heavy (non-hydrogen) atoms. The van der Waals surface area contributed by atoms with Crippen molar-refractivity contribution in [3.63, 3.8) is 0 Å². The van der Waals surface area contributed by atoms with E-state index in [1.54, 1.807) is 0 Å². The zero-order valence-electron chi connectivity index (χ0n) is 6.30. The number of nitrogens with one attached hydrogen (secondary N) is 1. The van der Waals surface area contributed by atoms with E-state index in [0.29, 0.717) is 19.4 Å². The summed E-state index contributed by atoms with van der Waals surface area (Å²) in [6.07, 6.45) is 1.78. The van der Waals surface area contributed by atoms with Crippen LogP contribution in [0, 0.1) is 0 Å². The molecule has 0 unspecified atom stereocenters. The summed E-state index contributed by atoms with van der Waals surface area (Å²) in [7, 11) is 0. The Labute approximate surface area is 65.1 Å². The van der Waals surface area contributed by atoms with Crippen molar-refractivity contribution in [1.82, 2.24) is 5.32 Å². The molecule has 0 aliphatic rings. The molecule has 3 amide bonds. The number of unbranched alkanes of at least 4 members (excludes halogenated alkanes) is 1. The summed E-state index contributed by atoms with van der Waals surface area (Å²) in [4.78, 5) is 20.8. The summed E-state index contributed by atoms with van der Waals surface area (Å²) in [5, 5.41) is 1.96. The van der Waals surface area contributed by atoms with Gasteiger partial charge >= 0.3 is 6.03 Å². The number of carbonyl (C=O) groups is 2. The van der Waals surface area contributed by atoms with Crippen molar-refractivity contribution in [2.24, 2.45) is 11.5 Å². The average molecular weight is 159 g/mol. The van der Waals surface area contributed by atoms with Crippen LogP contribution in [0.15, 0.2) is 0 Å². The fourth-order valence-corrected chi connectivity index (χ4v) is 0.630. The Hall–Kier alpha value is -1.10. The molecule has 0 saturated heterocycles. The molecule has 0 heterocycles. The van der Waals surface area contributed by atoms with Gasteiger partial charge in [-0.15, -0.1) is 0 Å². The van der Waals surface area contributed by atoms with E-state index in [2.05, 4.69) is 0 Å². The zero-order chi connectivity index (χ0) is 8.69. The maximum absolute atomic E-state index is 10.7. The van der Waals surface area contributed by atoms with Gasteiger partial charge in [0.25, 0.3) is 0 Å². The molecular weight excluding hydrogens is 146 g/mol. The highest BCUT2D eigenvalue weighted by atomic mass is 16.2. The molecule has 0 aromatic rings. The topological polar surface area (TPSA) is 98.2 Å². The molecule has 0 aliphatic heterocycles. The van der Waals surface area contributed by atoms with Crippen molar-refractivity contribution in [1.29, 1.82) is 0 Å². The minimum atomic E-state index is -0.803. The van der Waals surface area contributed by atoms with Crippen molar-refractivity contribution in [2.45, 2.75) is 19.3 Å². The van der Waals surface area contributed by atoms with E-state index in [9.17, 15) is 9.59 Å². The molecule has 0 atom stereocenters. The second-order valence-electron chi connectivity index (χ2n) is 2.16. The van der Waals surface area contributed by atoms with Gasteiger partial charge in [0.15, 0.2) is 0 Å². The van der Waals surface area contributed by atoms with Gasteiger partial charge in [0.05, 0.1) is 0 Å². The number of urea groups is 1. The molecule has 0 aromatic carbocycles. The van der Waals surface area contributed by atoms with Crippen molar-refractivity contribution in [3.8, 4) is 0 Å². The maximum Gasteiger partial charge on any atom is 0.318 e. The van der Waals surface area contributed by atoms with Gasteiger partial charge in [0.1, 0.15) is 0 Å². The van der Waals surface area contributed by atoms with E-state index in [0.717, 1.165) is 6.42 Å². The van der Waals surface area contributed by atoms with Crippen LogP contribution in [0.5, 0.6) is 0 Å². The first-order valence-corrected chi connectivity index (χ1v) is 3.46. The van der Waals surface area contributed by atoms with Crippen LogP contribution in [0.4, 0.5) is 4.79 Å². The standard InChI is InChI=1S/C6H13N3O2/c7-4-2-1-3-5(10)9-6(8)11/h1-4,7H2,(H3,8,9,10,11). The monoisotopic (exact) mass is 159 g/mol. The molecule has 0 rings (SSSR count). The largest absolute Gasteiger partial charge is 0.351 e. The molecule has 0 radical (unpaired) electrons. The summed E-state index contributed by atoms with van der Waals surface area (Å²) < 4.78 is 0. The number of nitrogens with two attached hydrogens (primary N) is 2. The van der Waals surface area contributed by atoms with E-state index in [1.807, 2.05) is 5.32 Å². The normalized spacial score (nSPS) is 9.18. The van der Waals surface area contributed by atoms with Crippen LogP contribution in [0.1, 0.15) is 19.3 Å². The van der Waals surface area contributed by atoms with Gasteiger partial charge in [0, 0.05) is 6.42 Å². The van der Waals surface area contributed by atoms with Crippen molar-refractivity contribution in [2.75, 3.05) is 6.54 Å². The lowest BCUT2D eigenvalue weighted by Gasteiger charge is -1.98. The molecule has 5 heteroatoms. The molecule has 0 aromatic heterocycles. The highest BCUT2D eigenvalue weighted by Crippen LogP contribution is 1.92. The van der Waals surface area contributed by atoms with E-state index >= 15 is 0 Å². The number of primary amides is 1. The number of amides is 3. The number of hydrogen-bond acceptors (Lipinski definition) is 3. The summed E-state index contributed by atoms with van der Waals surface area (Å²) in [5.41, 5.74) is 9.89. The third-order valence-electron chi connectivity index (χ3n) is 1.12. The van der Waals surface area contributed by atoms with Gasteiger partial charge in [-0.3, -0.25) is 10.1 Å². The smallest absolute Gasteiger partial charge is 0.318 e. The van der Waals surface area contributed by atoms with Crippen LogP contribution in [0.3, 0.4) is 0 Å². The highest BCUT2D eigenvalue weighted by Gasteiger charge is 2.01. The quantitative estimate of drug-likeness (QED) is 0.473. The van der Waals surface area contributed by atoms with Gasteiger partial charge < -0.3 is 11.5 Å². The van der Waals surface area contributed by atoms with Crippen molar-refractivity contribution < 1.29 is 9.59 Å². The van der Waals surface area contributed by atoms with Gasteiger partial charge in [-0.2, -0.15) is 0 Å². The first-order chi connectivity index (χ1) is 5.16. The number of hydrogen-bond donors (Lipinski definition) is 3. The van der Waals surface area contributed by atoms with E-state index in [1.165, 1.54) is 0 Å². The van der Waals surface area contributed by atoms with Crippen molar-refractivity contribution in [3.05, 3.63) is 0 Å². The summed E-state index contributed by atoms with van der Waals surface area (Å²) in [5.74, 6) is -0.342. The van der Waals surface area contributed by atoms with Crippen LogP contribution >= 0.6 is 0 Å². The first-order valence-electron chi connectivity index (χ1n) is 3.46. The molecule has 5 N–H and O–H groups in total. The lowest BCUT2D eigenvalue weighted by Crippen LogP contribution is -2.34. The van der Waals surface area contributed by atoms with E-state index < -0.39 is 6.03 Å². The van der Waals surface area contributed by atoms with Crippen LogP contribution in [0.25, 0.3) is 0 Å². The molecule has 0 fully saturated rings. The minimum absolute atomic E-state index is 0.306. The zero-order valence-corrected chi connectivity index (χ0v) is 6.30. The predicted octanol–water partition coefficient (Wildman–Crippen LogP) is -0.690. The number of rotatable bonds is 4. The fourth-order valence-electron chi connectivity index (χ4n) is 0.630. The molecule has 0 spiro atoms. The molecule has 0 bridgehead atoms. The fraction of sp³-hybridized carbons (Fsp3) is 0.667. The SMILES string of the molecule is NCCCCC(=O)NC(N)=O. The second kappa shape index (κ2) is 5.67. The Morgan fingerprint density at radius 1 is 1.27 bits per heavy atom. The van der Waals surface area contributed by atoms with Crippen LogP contribution in [-0.4, -0.2) is 18.5 Å². The van der Waals surface area contributed by atoms with Crippen LogP contribution < -0.4 is 16.8 Å². The van der Waals surface area contributed by atoms with Crippen molar-refractivity contribution >= 4 is 11.9 Å². The first kappa shape index (κ1) is 9.90. The number of carbonyl (C=O) groups excluding carboxylic acids is 2. The molecule has 5 nitrogen and oxygen atoms in total. The van der Waals surface area contributed by atoms with Gasteiger partial charge in [0.2, 0.25) is 5.91 Å². The Kier molecular flexibility index (Phi) is 5.10. The Balaban J connectivity index is 3.30. The molecular formula is C6H13N3O2. The van der Waals surface area contributed by atoms with Gasteiger partial charge in [-0.1, -0.05) is 0 Å². The highest BCUT2D eigenvalue weighted by molar-refractivity contribution is 5.93. The summed E-state index contributed by atoms with van der Waals surface area (Å²) in [6.45, 7) is 0.559. The summed E-state index contributed by atoms with van der Waals surface area (Å²) in [6, 6.07) is -0.803. The Morgan fingerprint density at radius 2 is 1.91 bits per heavy atom. The van der Waals surface area contributed by atoms with Gasteiger partial charge in [-0.25, -0.2) is 4.79 Å². The average Bonchev–Trinajstić information content (AvgIpc) is 1.86. The Morgan fingerprint density at radius 3 is 2.36 bits per heavy atom. The van der Waals surface area contributed by atoms with Gasteiger partial charge in [-0.05, 0) is 19.4 Å². The predicted molar refractivity (Wildman–Crippen MR) is 40.6 cm³/mol. The minimum Gasteiger partial charge on any atom is -0.351 e. The number of imide groups is 1. The molecule has 0 saturated carbocycles. The third-order valence-corrected chi connectivity index (χ3v) is 1.12. The lowest BCUT2D eigenvalue weighted by molar-refractivity contribution is -0.120. The maximum atomic E-state index is 10.7. The molecule has 0 aliphatic carbocycles. The lowest BCUT2D eigenvalue weighted by atomic mass is 10.2. The summed E-state index contributed by atoms with van der Waals surface area (Å²) >= 11 is 0. The third kappa shape index (κ3) is 6.79. The van der Waals surface area contributed by atoms with E-state index in [-0.39, 0.29) is 5.91 Å². The van der Waals surface area contributed by atoms with E-state index in [4.69, 9.17) is 11.5 Å². The van der Waals surface area contributed by atoms with Crippen LogP contribution in [0.2, 0.25) is 0 Å². The second-order valence-corrected chi connectivity index (χ2v) is 2.16. The Bertz CT molecular complexity index is 147. The van der Waals surface area contributed by atoms with Crippen LogP contribution in [-0.2, 0) is 4.79 Å². The molecule has 64 valence electrons.